The van der Waals surface area contributed by atoms with Gasteiger partial charge in [-0.15, -0.1) is 11.3 Å². The molecule has 1 aromatic heterocycles. The molecule has 1 atom stereocenters. The Hall–Kier alpha value is -2.61. The molecule has 0 aliphatic carbocycles. The Bertz CT molecular complexity index is 805. The van der Waals surface area contributed by atoms with E-state index in [9.17, 15) is 4.79 Å². The van der Waals surface area contributed by atoms with Crippen molar-refractivity contribution in [3.05, 3.63) is 46.4 Å². The number of likely N-dealkylation sites (N-methyl/N-ethyl adjacent to an activating group) is 1. The van der Waals surface area contributed by atoms with Gasteiger partial charge in [0.2, 0.25) is 5.91 Å². The minimum absolute atomic E-state index is 0.0245. The molecule has 0 saturated carbocycles. The molecule has 30 heavy (non-hydrogen) atoms. The number of aromatic nitrogens is 1. The predicted molar refractivity (Wildman–Crippen MR) is 127 cm³/mol. The SMILES string of the molecule is Cc1cnc(C(C)CNC(=NCC(=O)N(C)C)NCCCN(C)c2ccccc2)s1. The molecular weight excluding hydrogens is 396 g/mol. The molecule has 1 aromatic carbocycles. The van der Waals surface area contributed by atoms with E-state index in [1.165, 1.54) is 10.6 Å². The Morgan fingerprint density at radius 3 is 2.57 bits per heavy atom. The highest BCUT2D eigenvalue weighted by molar-refractivity contribution is 7.11. The number of hydrogen-bond acceptors (Lipinski definition) is 5. The van der Waals surface area contributed by atoms with Crippen molar-refractivity contribution in [2.24, 2.45) is 4.99 Å². The van der Waals surface area contributed by atoms with Gasteiger partial charge in [0, 0.05) is 63.5 Å². The number of nitrogens with zero attached hydrogens (tertiary/aromatic N) is 4. The van der Waals surface area contributed by atoms with E-state index in [1.807, 2.05) is 24.4 Å². The summed E-state index contributed by atoms with van der Waals surface area (Å²) in [6, 6.07) is 10.3. The van der Waals surface area contributed by atoms with Gasteiger partial charge in [0.1, 0.15) is 6.54 Å². The number of amides is 1. The first kappa shape index (κ1) is 23.7. The smallest absolute Gasteiger partial charge is 0.243 e. The Morgan fingerprint density at radius 1 is 1.20 bits per heavy atom. The van der Waals surface area contributed by atoms with Crippen molar-refractivity contribution >= 4 is 28.9 Å². The Morgan fingerprint density at radius 2 is 1.93 bits per heavy atom. The molecule has 0 radical (unpaired) electrons. The summed E-state index contributed by atoms with van der Waals surface area (Å²) in [6.07, 6.45) is 2.86. The summed E-state index contributed by atoms with van der Waals surface area (Å²) in [7, 11) is 5.57. The molecule has 1 unspecified atom stereocenters. The first-order valence-electron chi connectivity index (χ1n) is 10.3. The number of aliphatic imine (C=N–C) groups is 1. The second kappa shape index (κ2) is 12.2. The number of nitrogens with one attached hydrogen (secondary N) is 2. The van der Waals surface area contributed by atoms with Crippen molar-refractivity contribution in [1.29, 1.82) is 0 Å². The highest BCUT2D eigenvalue weighted by Crippen LogP contribution is 2.20. The number of carbonyl (C=O) groups excluding carboxylic acids is 1. The zero-order chi connectivity index (χ0) is 21.9. The Balaban J connectivity index is 1.85. The van der Waals surface area contributed by atoms with Crippen molar-refractivity contribution in [2.75, 3.05) is 52.2 Å². The summed E-state index contributed by atoms with van der Waals surface area (Å²) < 4.78 is 0. The minimum atomic E-state index is -0.0245. The third-order valence-electron chi connectivity index (χ3n) is 4.67. The molecule has 0 bridgehead atoms. The zero-order valence-corrected chi connectivity index (χ0v) is 19.5. The number of thiazole rings is 1. The molecule has 164 valence electrons. The molecular formula is C22H34N6OS. The number of para-hydroxylation sites is 1. The van der Waals surface area contributed by atoms with Crippen molar-refractivity contribution in [3.63, 3.8) is 0 Å². The van der Waals surface area contributed by atoms with Crippen LogP contribution in [0, 0.1) is 6.92 Å². The molecule has 0 fully saturated rings. The molecule has 0 aliphatic heterocycles. The van der Waals surface area contributed by atoms with E-state index in [0.29, 0.717) is 12.5 Å². The topological polar surface area (TPSA) is 72.9 Å². The summed E-state index contributed by atoms with van der Waals surface area (Å²) >= 11 is 1.71. The molecule has 2 rings (SSSR count). The molecule has 2 N–H and O–H groups in total. The van der Waals surface area contributed by atoms with Crippen LogP contribution in [-0.4, -0.2) is 69.1 Å². The monoisotopic (exact) mass is 430 g/mol. The predicted octanol–water partition coefficient (Wildman–Crippen LogP) is 2.70. The van der Waals surface area contributed by atoms with Crippen LogP contribution in [0.1, 0.15) is 29.1 Å². The van der Waals surface area contributed by atoms with E-state index in [0.717, 1.165) is 24.5 Å². The number of aryl methyl sites for hydroxylation is 1. The fraction of sp³-hybridized carbons (Fsp3) is 0.500. The number of hydrogen-bond donors (Lipinski definition) is 2. The van der Waals surface area contributed by atoms with Crippen LogP contribution in [0.5, 0.6) is 0 Å². The number of carbonyl (C=O) groups is 1. The second-order valence-electron chi connectivity index (χ2n) is 7.58. The van der Waals surface area contributed by atoms with Crippen molar-refractivity contribution in [2.45, 2.75) is 26.2 Å². The van der Waals surface area contributed by atoms with Crippen LogP contribution in [0.3, 0.4) is 0 Å². The van der Waals surface area contributed by atoms with Crippen molar-refractivity contribution < 1.29 is 4.79 Å². The maximum absolute atomic E-state index is 11.9. The third kappa shape index (κ3) is 8.02. The average molecular weight is 431 g/mol. The van der Waals surface area contributed by atoms with Crippen LogP contribution < -0.4 is 15.5 Å². The van der Waals surface area contributed by atoms with Crippen molar-refractivity contribution in [3.8, 4) is 0 Å². The van der Waals surface area contributed by atoms with Gasteiger partial charge in [-0.2, -0.15) is 0 Å². The molecule has 2 aromatic rings. The fourth-order valence-corrected chi connectivity index (χ4v) is 3.56. The van der Waals surface area contributed by atoms with Crippen LogP contribution in [0.15, 0.2) is 41.5 Å². The quantitative estimate of drug-likeness (QED) is 0.344. The first-order chi connectivity index (χ1) is 14.4. The highest BCUT2D eigenvalue weighted by atomic mass is 32.1. The lowest BCUT2D eigenvalue weighted by Crippen LogP contribution is -2.41. The van der Waals surface area contributed by atoms with E-state index in [-0.39, 0.29) is 18.4 Å². The van der Waals surface area contributed by atoms with Gasteiger partial charge < -0.3 is 20.4 Å². The lowest BCUT2D eigenvalue weighted by Gasteiger charge is -2.20. The number of anilines is 1. The molecule has 0 saturated heterocycles. The van der Waals surface area contributed by atoms with Crippen molar-refractivity contribution in [1.82, 2.24) is 20.5 Å². The van der Waals surface area contributed by atoms with Crippen LogP contribution in [-0.2, 0) is 4.79 Å². The van der Waals surface area contributed by atoms with Gasteiger partial charge >= 0.3 is 0 Å². The normalized spacial score (nSPS) is 12.4. The van der Waals surface area contributed by atoms with Gasteiger partial charge in [-0.1, -0.05) is 25.1 Å². The number of rotatable bonds is 10. The standard InChI is InChI=1S/C22H34N6OS/c1-17(21-24-15-18(2)30-21)14-25-22(26-16-20(29)27(3)4)23-12-9-13-28(5)19-10-7-6-8-11-19/h6-8,10-11,15,17H,9,12-14,16H2,1-5H3,(H2,23,25,26). The summed E-state index contributed by atoms with van der Waals surface area (Å²) in [5, 5.41) is 7.82. The average Bonchev–Trinajstić information content (AvgIpc) is 3.18. The Labute approximate surface area is 184 Å². The van der Waals surface area contributed by atoms with Gasteiger partial charge in [-0.25, -0.2) is 9.98 Å². The molecule has 0 spiro atoms. The molecule has 7 nitrogen and oxygen atoms in total. The summed E-state index contributed by atoms with van der Waals surface area (Å²) in [4.78, 5) is 25.9. The Kier molecular flexibility index (Phi) is 9.60. The molecule has 1 heterocycles. The van der Waals surface area contributed by atoms with Gasteiger partial charge in [0.25, 0.3) is 0 Å². The van der Waals surface area contributed by atoms with Gasteiger partial charge in [-0.3, -0.25) is 4.79 Å². The maximum atomic E-state index is 11.9. The van der Waals surface area contributed by atoms with E-state index < -0.39 is 0 Å². The zero-order valence-electron chi connectivity index (χ0n) is 18.7. The van der Waals surface area contributed by atoms with E-state index in [4.69, 9.17) is 0 Å². The van der Waals surface area contributed by atoms with Gasteiger partial charge in [0.15, 0.2) is 5.96 Å². The highest BCUT2D eigenvalue weighted by Gasteiger charge is 2.11. The first-order valence-corrected chi connectivity index (χ1v) is 11.1. The van der Waals surface area contributed by atoms with E-state index in [1.54, 1.807) is 30.3 Å². The second-order valence-corrected chi connectivity index (χ2v) is 8.85. The van der Waals surface area contributed by atoms with Gasteiger partial charge in [-0.05, 0) is 25.5 Å². The molecule has 8 heteroatoms. The third-order valence-corrected chi connectivity index (χ3v) is 5.81. The minimum Gasteiger partial charge on any atom is -0.375 e. The largest absolute Gasteiger partial charge is 0.375 e. The lowest BCUT2D eigenvalue weighted by molar-refractivity contribution is -0.127. The fourth-order valence-electron chi connectivity index (χ4n) is 2.73. The van der Waals surface area contributed by atoms with Crippen LogP contribution >= 0.6 is 11.3 Å². The van der Waals surface area contributed by atoms with Crippen LogP contribution in [0.2, 0.25) is 0 Å². The lowest BCUT2D eigenvalue weighted by atomic mass is 10.2. The van der Waals surface area contributed by atoms with Crippen LogP contribution in [0.25, 0.3) is 0 Å². The molecule has 0 aliphatic rings. The van der Waals surface area contributed by atoms with Crippen LogP contribution in [0.4, 0.5) is 5.69 Å². The number of guanidine groups is 1. The van der Waals surface area contributed by atoms with E-state index >= 15 is 0 Å². The summed E-state index contributed by atoms with van der Waals surface area (Å²) in [6.45, 7) is 6.73. The maximum Gasteiger partial charge on any atom is 0.243 e. The number of benzene rings is 1. The molecule has 1 amide bonds. The summed E-state index contributed by atoms with van der Waals surface area (Å²) in [5.74, 6) is 0.903. The summed E-state index contributed by atoms with van der Waals surface area (Å²) in [5.41, 5.74) is 1.20. The van der Waals surface area contributed by atoms with Gasteiger partial charge in [0.05, 0.1) is 5.01 Å². The van der Waals surface area contributed by atoms with E-state index in [2.05, 4.69) is 58.5 Å².